The van der Waals surface area contributed by atoms with Crippen LogP contribution >= 0.6 is 11.3 Å². The van der Waals surface area contributed by atoms with Gasteiger partial charge in [0.2, 0.25) is 0 Å². The van der Waals surface area contributed by atoms with E-state index in [4.69, 9.17) is 0 Å². The van der Waals surface area contributed by atoms with Crippen molar-refractivity contribution in [2.45, 2.75) is 25.7 Å². The van der Waals surface area contributed by atoms with E-state index in [0.29, 0.717) is 10.7 Å². The number of sulfonamides is 1. The summed E-state index contributed by atoms with van der Waals surface area (Å²) < 4.78 is 28.5. The average molecular weight is 332 g/mol. The van der Waals surface area contributed by atoms with Gasteiger partial charge in [0.05, 0.1) is 15.1 Å². The van der Waals surface area contributed by atoms with Gasteiger partial charge >= 0.3 is 0 Å². The fourth-order valence-corrected chi connectivity index (χ4v) is 4.68. The van der Waals surface area contributed by atoms with E-state index in [1.807, 2.05) is 32.0 Å². The largest absolute Gasteiger partial charge is 0.263 e. The van der Waals surface area contributed by atoms with E-state index in [9.17, 15) is 8.42 Å². The first kappa shape index (κ1) is 15.0. The topological polar surface area (TPSA) is 59.1 Å². The van der Waals surface area contributed by atoms with Gasteiger partial charge in [-0.3, -0.25) is 4.72 Å². The van der Waals surface area contributed by atoms with Crippen LogP contribution < -0.4 is 4.72 Å². The number of benzene rings is 2. The van der Waals surface area contributed by atoms with Crippen molar-refractivity contribution in [3.8, 4) is 0 Å². The minimum atomic E-state index is -3.61. The summed E-state index contributed by atoms with van der Waals surface area (Å²) in [6, 6.07) is 10.9. The molecule has 22 heavy (non-hydrogen) atoms. The monoisotopic (exact) mass is 332 g/mol. The fraction of sp³-hybridized carbons (Fsp3) is 0.188. The average Bonchev–Trinajstić information content (AvgIpc) is 2.80. The van der Waals surface area contributed by atoms with Gasteiger partial charge in [0.15, 0.2) is 5.13 Å². The molecule has 0 unspecified atom stereocenters. The number of aryl methyl sites for hydroxylation is 3. The molecule has 1 aromatic heterocycles. The molecule has 0 atom stereocenters. The van der Waals surface area contributed by atoms with E-state index >= 15 is 0 Å². The summed E-state index contributed by atoms with van der Waals surface area (Å²) in [5.41, 5.74) is 3.84. The molecule has 0 fully saturated rings. The number of thiazole rings is 1. The second kappa shape index (κ2) is 5.37. The van der Waals surface area contributed by atoms with Gasteiger partial charge in [0.1, 0.15) is 0 Å². The van der Waals surface area contributed by atoms with Gasteiger partial charge in [-0.15, -0.1) is 0 Å². The van der Waals surface area contributed by atoms with Crippen LogP contribution in [0.3, 0.4) is 0 Å². The van der Waals surface area contributed by atoms with Crippen molar-refractivity contribution in [2.24, 2.45) is 0 Å². The number of anilines is 1. The molecular weight excluding hydrogens is 316 g/mol. The fourth-order valence-electron chi connectivity index (χ4n) is 2.25. The molecule has 3 rings (SSSR count). The predicted octanol–water partition coefficient (Wildman–Crippen LogP) is 4.02. The number of hydrogen-bond donors (Lipinski definition) is 1. The first-order valence-electron chi connectivity index (χ1n) is 6.83. The Labute approximate surface area is 133 Å². The second-order valence-electron chi connectivity index (χ2n) is 5.29. The van der Waals surface area contributed by atoms with Crippen molar-refractivity contribution in [3.05, 3.63) is 53.1 Å². The van der Waals surface area contributed by atoms with Gasteiger partial charge in [-0.25, -0.2) is 13.4 Å². The lowest BCUT2D eigenvalue weighted by molar-refractivity contribution is 0.600. The lowest BCUT2D eigenvalue weighted by Gasteiger charge is -2.07. The highest BCUT2D eigenvalue weighted by atomic mass is 32.2. The van der Waals surface area contributed by atoms with Gasteiger partial charge < -0.3 is 0 Å². The Morgan fingerprint density at radius 3 is 2.41 bits per heavy atom. The summed E-state index contributed by atoms with van der Waals surface area (Å²) in [5, 5.41) is 0.392. The first-order valence-corrected chi connectivity index (χ1v) is 9.13. The molecule has 0 aliphatic carbocycles. The van der Waals surface area contributed by atoms with Crippen LogP contribution in [0.1, 0.15) is 16.7 Å². The molecule has 0 radical (unpaired) electrons. The Kier molecular flexibility index (Phi) is 3.66. The van der Waals surface area contributed by atoms with Crippen LogP contribution in [-0.4, -0.2) is 13.4 Å². The third-order valence-corrected chi connectivity index (χ3v) is 6.17. The Morgan fingerprint density at radius 1 is 1.00 bits per heavy atom. The van der Waals surface area contributed by atoms with Crippen LogP contribution in [0.15, 0.2) is 41.3 Å². The zero-order valence-electron chi connectivity index (χ0n) is 12.5. The highest BCUT2D eigenvalue weighted by Gasteiger charge is 2.18. The predicted molar refractivity (Wildman–Crippen MR) is 91.1 cm³/mol. The summed E-state index contributed by atoms with van der Waals surface area (Å²) in [5.74, 6) is 0. The molecule has 0 aliphatic heterocycles. The van der Waals surface area contributed by atoms with E-state index < -0.39 is 10.0 Å². The minimum Gasteiger partial charge on any atom is -0.255 e. The first-order chi connectivity index (χ1) is 10.4. The molecule has 0 amide bonds. The van der Waals surface area contributed by atoms with Crippen LogP contribution in [0.25, 0.3) is 10.2 Å². The Morgan fingerprint density at radius 2 is 1.68 bits per heavy atom. The number of fused-ring (bicyclic) bond motifs is 1. The highest BCUT2D eigenvalue weighted by Crippen LogP contribution is 2.30. The summed E-state index contributed by atoms with van der Waals surface area (Å²) >= 11 is 1.35. The molecule has 6 heteroatoms. The maximum Gasteiger partial charge on any atom is 0.263 e. The van der Waals surface area contributed by atoms with Crippen molar-refractivity contribution >= 4 is 36.7 Å². The molecule has 2 aromatic carbocycles. The highest BCUT2D eigenvalue weighted by molar-refractivity contribution is 7.93. The zero-order valence-corrected chi connectivity index (χ0v) is 14.2. The molecular formula is C16H16N2O2S2. The summed E-state index contributed by atoms with van der Waals surface area (Å²) in [6.07, 6.45) is 0. The SMILES string of the molecule is Cc1cc2nc(NS(=O)(=O)c3ccccc3C)sc2cc1C. The van der Waals surface area contributed by atoms with Crippen LogP contribution in [0, 0.1) is 20.8 Å². The van der Waals surface area contributed by atoms with Crippen molar-refractivity contribution in [3.63, 3.8) is 0 Å². The number of rotatable bonds is 3. The second-order valence-corrected chi connectivity index (χ2v) is 7.98. The Bertz CT molecular complexity index is 920. The third-order valence-electron chi connectivity index (χ3n) is 3.61. The van der Waals surface area contributed by atoms with E-state index in [0.717, 1.165) is 15.8 Å². The number of aromatic nitrogens is 1. The zero-order chi connectivity index (χ0) is 15.9. The number of hydrogen-bond acceptors (Lipinski definition) is 4. The van der Waals surface area contributed by atoms with E-state index in [2.05, 4.69) is 9.71 Å². The van der Waals surface area contributed by atoms with Crippen LogP contribution in [0.4, 0.5) is 5.13 Å². The molecule has 3 aromatic rings. The lowest BCUT2D eigenvalue weighted by atomic mass is 10.1. The van der Waals surface area contributed by atoms with E-state index in [1.165, 1.54) is 16.9 Å². The maximum absolute atomic E-state index is 12.5. The smallest absolute Gasteiger partial charge is 0.255 e. The maximum atomic E-state index is 12.5. The molecule has 0 aliphatic rings. The molecule has 0 bridgehead atoms. The van der Waals surface area contributed by atoms with Gasteiger partial charge in [0, 0.05) is 0 Å². The van der Waals surface area contributed by atoms with E-state index in [1.54, 1.807) is 25.1 Å². The standard InChI is InChI=1S/C16H16N2O2S2/c1-10-6-4-5-7-15(10)22(19,20)18-16-17-13-8-11(2)12(3)9-14(13)21-16/h4-9H,1-3H3,(H,17,18). The van der Waals surface area contributed by atoms with Crippen molar-refractivity contribution in [1.29, 1.82) is 0 Å². The minimum absolute atomic E-state index is 0.279. The Balaban J connectivity index is 2.01. The lowest BCUT2D eigenvalue weighted by Crippen LogP contribution is -2.13. The molecule has 0 spiro atoms. The summed E-state index contributed by atoms with van der Waals surface area (Å²) in [7, 11) is -3.61. The van der Waals surface area contributed by atoms with Crippen molar-refractivity contribution in [2.75, 3.05) is 4.72 Å². The van der Waals surface area contributed by atoms with Crippen LogP contribution in [-0.2, 0) is 10.0 Å². The third kappa shape index (κ3) is 2.71. The molecule has 4 nitrogen and oxygen atoms in total. The molecule has 0 saturated carbocycles. The molecule has 1 heterocycles. The van der Waals surface area contributed by atoms with Crippen molar-refractivity contribution in [1.82, 2.24) is 4.98 Å². The van der Waals surface area contributed by atoms with Crippen LogP contribution in [0.2, 0.25) is 0 Å². The summed E-state index contributed by atoms with van der Waals surface area (Å²) in [4.78, 5) is 4.66. The van der Waals surface area contributed by atoms with Gasteiger partial charge in [-0.05, 0) is 55.7 Å². The van der Waals surface area contributed by atoms with Gasteiger partial charge in [-0.2, -0.15) is 0 Å². The quantitative estimate of drug-likeness (QED) is 0.788. The number of nitrogens with one attached hydrogen (secondary N) is 1. The Hall–Kier alpha value is -1.92. The van der Waals surface area contributed by atoms with Crippen LogP contribution in [0.5, 0.6) is 0 Å². The van der Waals surface area contributed by atoms with Gasteiger partial charge in [0.25, 0.3) is 10.0 Å². The summed E-state index contributed by atoms with van der Waals surface area (Å²) in [6.45, 7) is 5.83. The van der Waals surface area contributed by atoms with Crippen molar-refractivity contribution < 1.29 is 8.42 Å². The molecule has 1 N–H and O–H groups in total. The molecule has 114 valence electrons. The molecule has 0 saturated heterocycles. The number of nitrogens with zero attached hydrogens (tertiary/aromatic N) is 1. The van der Waals surface area contributed by atoms with E-state index in [-0.39, 0.29) is 4.90 Å². The normalized spacial score (nSPS) is 11.8. The van der Waals surface area contributed by atoms with Gasteiger partial charge in [-0.1, -0.05) is 29.5 Å².